The van der Waals surface area contributed by atoms with Crippen molar-refractivity contribution in [3.8, 4) is 17.0 Å². The van der Waals surface area contributed by atoms with Crippen LogP contribution in [0.4, 0.5) is 4.39 Å². The van der Waals surface area contributed by atoms with E-state index in [1.54, 1.807) is 23.9 Å². The van der Waals surface area contributed by atoms with Crippen LogP contribution in [0.5, 0.6) is 5.75 Å². The lowest BCUT2D eigenvalue weighted by Crippen LogP contribution is -2.15. The number of nitrogens with one attached hydrogen (secondary N) is 1. The molecule has 0 amide bonds. The number of aryl methyl sites for hydroxylation is 1. The molecule has 0 saturated heterocycles. The molecule has 0 spiro atoms. The molecular weight excluding hydrogens is 257 g/mol. The first-order valence-corrected chi connectivity index (χ1v) is 6.78. The molecule has 5 heteroatoms. The second-order valence-electron chi connectivity index (χ2n) is 5.15. The Kier molecular flexibility index (Phi) is 3.44. The monoisotopic (exact) mass is 275 g/mol. The zero-order chi connectivity index (χ0) is 14.1. The van der Waals surface area contributed by atoms with Gasteiger partial charge in [0.05, 0.1) is 12.7 Å². The number of benzene rings is 1. The molecule has 0 aliphatic heterocycles. The van der Waals surface area contributed by atoms with E-state index in [9.17, 15) is 4.39 Å². The van der Waals surface area contributed by atoms with Gasteiger partial charge in [-0.3, -0.25) is 4.68 Å². The molecule has 1 aliphatic carbocycles. The second kappa shape index (κ2) is 5.25. The maximum Gasteiger partial charge on any atom is 0.136 e. The van der Waals surface area contributed by atoms with Crippen LogP contribution in [-0.2, 0) is 13.6 Å². The Bertz CT molecular complexity index is 620. The van der Waals surface area contributed by atoms with Crippen molar-refractivity contribution in [3.63, 3.8) is 0 Å². The average molecular weight is 275 g/mol. The molecule has 2 aromatic rings. The summed E-state index contributed by atoms with van der Waals surface area (Å²) in [6, 6.07) is 5.43. The van der Waals surface area contributed by atoms with Gasteiger partial charge < -0.3 is 10.1 Å². The van der Waals surface area contributed by atoms with E-state index in [2.05, 4.69) is 10.4 Å². The van der Waals surface area contributed by atoms with E-state index in [1.807, 2.05) is 13.2 Å². The molecule has 3 rings (SSSR count). The minimum absolute atomic E-state index is 0.310. The standard InChI is InChI=1S/C15H18FN3O/c1-19-9-10(8-17-11-6-7-11)15(18-19)14-12(16)4-3-5-13(14)20-2/h3-5,9,11,17H,6-8H2,1-2H3. The molecule has 1 aromatic carbocycles. The predicted octanol–water partition coefficient (Wildman–Crippen LogP) is 2.49. The van der Waals surface area contributed by atoms with E-state index in [0.29, 0.717) is 29.6 Å². The van der Waals surface area contributed by atoms with Crippen LogP contribution in [0.25, 0.3) is 11.3 Å². The maximum absolute atomic E-state index is 14.2. The summed E-state index contributed by atoms with van der Waals surface area (Å²) in [4.78, 5) is 0. The van der Waals surface area contributed by atoms with E-state index in [-0.39, 0.29) is 5.82 Å². The highest BCUT2D eigenvalue weighted by molar-refractivity contribution is 5.70. The molecule has 0 bridgehead atoms. The molecule has 0 unspecified atom stereocenters. The summed E-state index contributed by atoms with van der Waals surface area (Å²) in [6.45, 7) is 0.700. The highest BCUT2D eigenvalue weighted by Gasteiger charge is 2.23. The van der Waals surface area contributed by atoms with Crippen molar-refractivity contribution in [2.24, 2.45) is 7.05 Å². The number of ether oxygens (including phenoxy) is 1. The smallest absolute Gasteiger partial charge is 0.136 e. The summed E-state index contributed by atoms with van der Waals surface area (Å²) in [7, 11) is 3.39. The van der Waals surface area contributed by atoms with Crippen LogP contribution in [0.2, 0.25) is 0 Å². The number of hydrogen-bond acceptors (Lipinski definition) is 3. The zero-order valence-electron chi connectivity index (χ0n) is 11.7. The molecule has 1 aromatic heterocycles. The van der Waals surface area contributed by atoms with Crippen LogP contribution >= 0.6 is 0 Å². The van der Waals surface area contributed by atoms with Crippen molar-refractivity contribution in [1.82, 2.24) is 15.1 Å². The van der Waals surface area contributed by atoms with E-state index in [4.69, 9.17) is 4.74 Å². The van der Waals surface area contributed by atoms with Gasteiger partial charge in [0.25, 0.3) is 0 Å². The van der Waals surface area contributed by atoms with Gasteiger partial charge >= 0.3 is 0 Å². The van der Waals surface area contributed by atoms with Crippen molar-refractivity contribution >= 4 is 0 Å². The molecular formula is C15H18FN3O. The predicted molar refractivity (Wildman–Crippen MR) is 75.0 cm³/mol. The summed E-state index contributed by atoms with van der Waals surface area (Å²) in [6.07, 6.45) is 4.37. The molecule has 1 N–H and O–H groups in total. The highest BCUT2D eigenvalue weighted by atomic mass is 19.1. The van der Waals surface area contributed by atoms with E-state index in [1.165, 1.54) is 18.9 Å². The van der Waals surface area contributed by atoms with Crippen LogP contribution in [0.3, 0.4) is 0 Å². The van der Waals surface area contributed by atoms with Crippen LogP contribution in [0.1, 0.15) is 18.4 Å². The Balaban J connectivity index is 2.00. The fourth-order valence-electron chi connectivity index (χ4n) is 2.32. The number of rotatable bonds is 5. The minimum atomic E-state index is -0.310. The molecule has 1 saturated carbocycles. The Labute approximate surface area is 117 Å². The summed E-state index contributed by atoms with van der Waals surface area (Å²) >= 11 is 0. The van der Waals surface area contributed by atoms with Gasteiger partial charge in [-0.05, 0) is 25.0 Å². The summed E-state index contributed by atoms with van der Waals surface area (Å²) < 4.78 is 21.2. The first-order chi connectivity index (χ1) is 9.69. The van der Waals surface area contributed by atoms with Gasteiger partial charge in [-0.1, -0.05) is 6.07 Å². The van der Waals surface area contributed by atoms with Crippen LogP contribution in [0, 0.1) is 5.82 Å². The van der Waals surface area contributed by atoms with E-state index in [0.717, 1.165) is 5.56 Å². The van der Waals surface area contributed by atoms with Gasteiger partial charge in [0, 0.05) is 31.4 Å². The first-order valence-electron chi connectivity index (χ1n) is 6.78. The quantitative estimate of drug-likeness (QED) is 0.911. The van der Waals surface area contributed by atoms with Gasteiger partial charge in [0.1, 0.15) is 17.3 Å². The summed E-state index contributed by atoms with van der Waals surface area (Å²) in [5.41, 5.74) is 2.07. The summed E-state index contributed by atoms with van der Waals surface area (Å²) in [5.74, 6) is 0.201. The lowest BCUT2D eigenvalue weighted by Gasteiger charge is -2.09. The van der Waals surface area contributed by atoms with E-state index < -0.39 is 0 Å². The van der Waals surface area contributed by atoms with Crippen molar-refractivity contribution in [2.75, 3.05) is 7.11 Å². The largest absolute Gasteiger partial charge is 0.496 e. The van der Waals surface area contributed by atoms with Crippen molar-refractivity contribution < 1.29 is 9.13 Å². The highest BCUT2D eigenvalue weighted by Crippen LogP contribution is 2.33. The Morgan fingerprint density at radius 3 is 2.95 bits per heavy atom. The Hall–Kier alpha value is -1.88. The Morgan fingerprint density at radius 1 is 1.45 bits per heavy atom. The number of aromatic nitrogens is 2. The molecule has 1 heterocycles. The van der Waals surface area contributed by atoms with Crippen molar-refractivity contribution in [2.45, 2.75) is 25.4 Å². The van der Waals surface area contributed by atoms with Gasteiger partial charge in [-0.2, -0.15) is 5.10 Å². The van der Waals surface area contributed by atoms with E-state index >= 15 is 0 Å². The maximum atomic E-state index is 14.2. The third kappa shape index (κ3) is 2.54. The second-order valence-corrected chi connectivity index (χ2v) is 5.15. The SMILES string of the molecule is COc1cccc(F)c1-c1nn(C)cc1CNC1CC1. The minimum Gasteiger partial charge on any atom is -0.496 e. The van der Waals surface area contributed by atoms with Crippen LogP contribution < -0.4 is 10.1 Å². The van der Waals surface area contributed by atoms with Crippen molar-refractivity contribution in [1.29, 1.82) is 0 Å². The lowest BCUT2D eigenvalue weighted by atomic mass is 10.1. The van der Waals surface area contributed by atoms with Gasteiger partial charge in [-0.25, -0.2) is 4.39 Å². The fraction of sp³-hybridized carbons (Fsp3) is 0.400. The topological polar surface area (TPSA) is 39.1 Å². The van der Waals surface area contributed by atoms with Gasteiger partial charge in [0.15, 0.2) is 0 Å². The first kappa shape index (κ1) is 13.1. The van der Waals surface area contributed by atoms with Gasteiger partial charge in [0.2, 0.25) is 0 Å². The third-order valence-corrected chi connectivity index (χ3v) is 3.50. The van der Waals surface area contributed by atoms with Crippen LogP contribution in [0.15, 0.2) is 24.4 Å². The summed E-state index contributed by atoms with van der Waals surface area (Å²) in [5, 5.41) is 7.84. The number of methoxy groups -OCH3 is 1. The number of halogens is 1. The van der Waals surface area contributed by atoms with Crippen molar-refractivity contribution in [3.05, 3.63) is 35.8 Å². The number of hydrogen-bond donors (Lipinski definition) is 1. The fourth-order valence-corrected chi connectivity index (χ4v) is 2.32. The zero-order valence-corrected chi connectivity index (χ0v) is 11.7. The molecule has 106 valence electrons. The molecule has 0 atom stereocenters. The molecule has 4 nitrogen and oxygen atoms in total. The average Bonchev–Trinajstić information content (AvgIpc) is 3.19. The normalized spacial score (nSPS) is 14.6. The number of nitrogens with zero attached hydrogens (tertiary/aromatic N) is 2. The molecule has 1 aliphatic rings. The molecule has 0 radical (unpaired) electrons. The molecule has 20 heavy (non-hydrogen) atoms. The Morgan fingerprint density at radius 2 is 2.25 bits per heavy atom. The van der Waals surface area contributed by atoms with Gasteiger partial charge in [-0.15, -0.1) is 0 Å². The third-order valence-electron chi connectivity index (χ3n) is 3.50. The van der Waals surface area contributed by atoms with Crippen LogP contribution in [-0.4, -0.2) is 22.9 Å². The molecule has 1 fully saturated rings. The lowest BCUT2D eigenvalue weighted by molar-refractivity contribution is 0.413.